The van der Waals surface area contributed by atoms with Crippen molar-refractivity contribution in [3.63, 3.8) is 0 Å². The van der Waals surface area contributed by atoms with Gasteiger partial charge in [-0.2, -0.15) is 0 Å². The van der Waals surface area contributed by atoms with Crippen LogP contribution in [0, 0.1) is 9.81 Å². The molecule has 8 heavy (non-hydrogen) atoms. The van der Waals surface area contributed by atoms with E-state index in [9.17, 15) is 0 Å². The van der Waals surface area contributed by atoms with E-state index in [0.717, 1.165) is 0 Å². The monoisotopic (exact) mass is 178 g/mol. The molecule has 2 N–H and O–H groups in total. The SMILES string of the molecule is O=NO.O=NO.[Ca+2].[Ca+2].[H-].[H-].[H-].[H-]. The topological polar surface area (TPSA) is 99.3 Å². The molecule has 0 heterocycles. The molecular formula is H6Ca2N2O4. The fourth-order valence-electron chi connectivity index (χ4n) is 0. The van der Waals surface area contributed by atoms with E-state index < -0.39 is 0 Å². The largest absolute Gasteiger partial charge is 2.00 e. The fourth-order valence-corrected chi connectivity index (χ4v) is 0. The Hall–Kier alpha value is 1.32. The molecule has 0 bridgehead atoms. The van der Waals surface area contributed by atoms with E-state index in [0.29, 0.717) is 0 Å². The third-order valence-corrected chi connectivity index (χ3v) is 0. The second-order valence-corrected chi connectivity index (χ2v) is 0.163. The molecule has 0 aliphatic carbocycles. The maximum Gasteiger partial charge on any atom is 2.00 e. The van der Waals surface area contributed by atoms with Crippen molar-refractivity contribution in [2.45, 2.75) is 0 Å². The van der Waals surface area contributed by atoms with Crippen LogP contribution in [0.3, 0.4) is 0 Å². The van der Waals surface area contributed by atoms with E-state index >= 15 is 0 Å². The maximum absolute atomic E-state index is 8.11. The Morgan fingerprint density at radius 3 is 1.00 bits per heavy atom. The standard InChI is InChI=1S/2Ca.2HNO2.4H/c;;2*2-1-3;;;;/h;;2*(H,2,3);;;;/q2*+2;;;4*-1. The van der Waals surface area contributed by atoms with Crippen molar-refractivity contribution in [3.8, 4) is 0 Å². The van der Waals surface area contributed by atoms with Gasteiger partial charge in [-0.3, -0.25) is 0 Å². The molecule has 44 valence electrons. The summed E-state index contributed by atoms with van der Waals surface area (Å²) in [7, 11) is 0. The molecule has 0 amide bonds. The van der Waals surface area contributed by atoms with E-state index in [2.05, 4.69) is 0 Å². The first-order chi connectivity index (χ1) is 2.83. The quantitative estimate of drug-likeness (QED) is 0.309. The van der Waals surface area contributed by atoms with Gasteiger partial charge in [-0.25, -0.2) is 0 Å². The minimum Gasteiger partial charge on any atom is -1.00 e. The van der Waals surface area contributed by atoms with Crippen LogP contribution < -0.4 is 0 Å². The molecular weight excluding hydrogens is 172 g/mol. The van der Waals surface area contributed by atoms with Crippen molar-refractivity contribution < 1.29 is 16.1 Å². The molecule has 0 fully saturated rings. The Morgan fingerprint density at radius 2 is 1.00 bits per heavy atom. The van der Waals surface area contributed by atoms with Crippen LogP contribution >= 0.6 is 0 Å². The molecule has 0 saturated carbocycles. The Morgan fingerprint density at radius 1 is 1.00 bits per heavy atom. The first-order valence-electron chi connectivity index (χ1n) is 0.765. The Kier molecular flexibility index (Phi) is 115. The molecule has 0 rings (SSSR count). The van der Waals surface area contributed by atoms with Gasteiger partial charge in [0.25, 0.3) is 0 Å². The Labute approximate surface area is 110 Å². The molecule has 0 aromatic heterocycles. The third kappa shape index (κ3) is 168. The van der Waals surface area contributed by atoms with E-state index in [1.54, 1.807) is 0 Å². The van der Waals surface area contributed by atoms with Gasteiger partial charge in [-0.05, 0) is 0 Å². The van der Waals surface area contributed by atoms with Crippen molar-refractivity contribution in [1.29, 1.82) is 0 Å². The van der Waals surface area contributed by atoms with Crippen LogP contribution in [-0.4, -0.2) is 85.9 Å². The van der Waals surface area contributed by atoms with Crippen molar-refractivity contribution in [1.82, 2.24) is 0 Å². The molecule has 0 unspecified atom stereocenters. The third-order valence-electron chi connectivity index (χ3n) is 0. The van der Waals surface area contributed by atoms with Gasteiger partial charge >= 0.3 is 75.5 Å². The molecule has 0 aromatic rings. The predicted octanol–water partition coefficient (Wildman–Crippen LogP) is -0.0276. The number of hydrogen-bond donors (Lipinski definition) is 2. The summed E-state index contributed by atoms with van der Waals surface area (Å²) in [6.45, 7) is 0. The van der Waals surface area contributed by atoms with Crippen LogP contribution in [0.5, 0.6) is 0 Å². The zero-order valence-electron chi connectivity index (χ0n) is 8.02. The van der Waals surface area contributed by atoms with Crippen LogP contribution in [0.1, 0.15) is 5.71 Å². The summed E-state index contributed by atoms with van der Waals surface area (Å²) in [4.78, 5) is 16.2. The molecule has 0 radical (unpaired) electrons. The molecule has 0 aromatic carbocycles. The number of rotatable bonds is 0. The van der Waals surface area contributed by atoms with Crippen LogP contribution in [0.4, 0.5) is 0 Å². The van der Waals surface area contributed by atoms with E-state index in [-0.39, 0.29) is 81.2 Å². The molecule has 0 aliphatic rings. The maximum atomic E-state index is 8.11. The second-order valence-electron chi connectivity index (χ2n) is 0.163. The minimum absolute atomic E-state index is 0. The summed E-state index contributed by atoms with van der Waals surface area (Å²) < 4.78 is 0. The summed E-state index contributed by atoms with van der Waals surface area (Å²) in [5.41, 5.74) is 0. The van der Waals surface area contributed by atoms with Gasteiger partial charge in [0.05, 0.1) is 0 Å². The average molecular weight is 178 g/mol. The smallest absolute Gasteiger partial charge is 1.00 e. The summed E-state index contributed by atoms with van der Waals surface area (Å²) >= 11 is 0. The van der Waals surface area contributed by atoms with Crippen molar-refractivity contribution >= 4 is 75.5 Å². The van der Waals surface area contributed by atoms with Gasteiger partial charge in [0.2, 0.25) is 0 Å². The van der Waals surface area contributed by atoms with Gasteiger partial charge in [-0.15, -0.1) is 9.81 Å². The molecule has 6 nitrogen and oxygen atoms in total. The fraction of sp³-hybridized carbons (Fsp3) is 0. The van der Waals surface area contributed by atoms with Gasteiger partial charge in [0.1, 0.15) is 0 Å². The van der Waals surface area contributed by atoms with Crippen LogP contribution in [0.15, 0.2) is 10.7 Å². The Balaban J connectivity index is -0.00000000296. The normalized spacial score (nSPS) is 3.00. The van der Waals surface area contributed by atoms with Gasteiger partial charge in [0, 0.05) is 0 Å². The molecule has 0 saturated heterocycles. The summed E-state index contributed by atoms with van der Waals surface area (Å²) in [6.07, 6.45) is 0. The Bertz CT molecular complexity index is 44.0. The van der Waals surface area contributed by atoms with Gasteiger partial charge in [-0.1, -0.05) is 0 Å². The van der Waals surface area contributed by atoms with Gasteiger partial charge < -0.3 is 16.1 Å². The first-order valence-corrected chi connectivity index (χ1v) is 0.765. The second kappa shape index (κ2) is 40.4. The molecule has 0 aliphatic heterocycles. The zero-order valence-corrected chi connectivity index (χ0v) is 8.44. The number of hydrogen-bond acceptors (Lipinski definition) is 4. The molecule has 0 atom stereocenters. The summed E-state index contributed by atoms with van der Waals surface area (Å²) in [5, 5.41) is 15.8. The average Bonchev–Trinajstić information content (AvgIpc) is 1.39. The molecule has 0 spiro atoms. The van der Waals surface area contributed by atoms with E-state index in [1.807, 2.05) is 0 Å². The first kappa shape index (κ1) is 22.8. The molecule has 8 heteroatoms. The zero-order chi connectivity index (χ0) is 5.41. The van der Waals surface area contributed by atoms with Crippen LogP contribution in [0.25, 0.3) is 0 Å². The number of nitrogens with zero attached hydrogens (tertiary/aromatic N) is 2. The van der Waals surface area contributed by atoms with E-state index in [4.69, 9.17) is 20.2 Å². The van der Waals surface area contributed by atoms with Crippen molar-refractivity contribution in [2.24, 2.45) is 10.7 Å². The van der Waals surface area contributed by atoms with Crippen LogP contribution in [-0.2, 0) is 0 Å². The van der Waals surface area contributed by atoms with E-state index in [1.165, 1.54) is 10.7 Å². The summed E-state index contributed by atoms with van der Waals surface area (Å²) in [5.74, 6) is 0. The minimum atomic E-state index is 0. The van der Waals surface area contributed by atoms with Crippen LogP contribution in [0.2, 0.25) is 0 Å². The van der Waals surface area contributed by atoms with Crippen molar-refractivity contribution in [3.05, 3.63) is 9.81 Å². The van der Waals surface area contributed by atoms with Crippen molar-refractivity contribution in [2.75, 3.05) is 0 Å². The predicted molar refractivity (Wildman–Crippen MR) is 31.1 cm³/mol. The summed E-state index contributed by atoms with van der Waals surface area (Å²) in [6, 6.07) is 0. The van der Waals surface area contributed by atoms with Gasteiger partial charge in [0.15, 0.2) is 10.7 Å².